The first-order chi connectivity index (χ1) is 14.5. The van der Waals surface area contributed by atoms with E-state index in [4.69, 9.17) is 0 Å². The maximum atomic E-state index is 13.1. The average Bonchev–Trinajstić information content (AvgIpc) is 2.85. The molecule has 4 N–H and O–H groups in total. The van der Waals surface area contributed by atoms with Gasteiger partial charge in [-0.05, 0) is 50.4 Å². The van der Waals surface area contributed by atoms with Crippen molar-refractivity contribution in [2.75, 3.05) is 30.3 Å². The van der Waals surface area contributed by atoms with E-state index in [0.717, 1.165) is 43.7 Å². The number of nitrogens with one attached hydrogen (secondary N) is 2. The highest BCUT2D eigenvalue weighted by Gasteiger charge is 2.34. The first-order valence-electron chi connectivity index (χ1n) is 10.4. The van der Waals surface area contributed by atoms with Crippen LogP contribution in [0.5, 0.6) is 0 Å². The molecule has 3 rings (SSSR count). The number of piperidine rings is 1. The SMILES string of the molecule is O=C(O)CN1C(=O)[C@@H](N[C@@H](CCCC2CCNCC2)C(=O)O)CSc2ccccc21. The van der Waals surface area contributed by atoms with Gasteiger partial charge in [-0.25, -0.2) is 0 Å². The minimum Gasteiger partial charge on any atom is -0.480 e. The summed E-state index contributed by atoms with van der Waals surface area (Å²) in [5.74, 6) is -1.52. The molecule has 0 aliphatic carbocycles. The van der Waals surface area contributed by atoms with Gasteiger partial charge in [0.1, 0.15) is 12.6 Å². The molecule has 1 saturated heterocycles. The number of benzene rings is 1. The third kappa shape index (κ3) is 5.96. The second kappa shape index (κ2) is 10.8. The molecule has 0 spiro atoms. The summed E-state index contributed by atoms with van der Waals surface area (Å²) < 4.78 is 0. The number of thioether (sulfide) groups is 1. The maximum absolute atomic E-state index is 13.1. The first kappa shape index (κ1) is 22.6. The molecule has 0 aromatic heterocycles. The lowest BCUT2D eigenvalue weighted by molar-refractivity contribution is -0.140. The standard InChI is InChI=1S/C21H29N3O5S/c25-19(26)12-24-17-6-1-2-7-18(17)30-13-16(20(24)27)23-15(21(28)29)5-3-4-14-8-10-22-11-9-14/h1-2,6-7,14-16,22-23H,3-5,8-13H2,(H,25,26)(H,28,29)/t15-,16-/m0/s1. The maximum Gasteiger partial charge on any atom is 0.323 e. The van der Waals surface area contributed by atoms with E-state index in [1.54, 1.807) is 12.1 Å². The monoisotopic (exact) mass is 435 g/mol. The lowest BCUT2D eigenvalue weighted by Gasteiger charge is -2.27. The number of hydrogen-bond acceptors (Lipinski definition) is 6. The van der Waals surface area contributed by atoms with Gasteiger partial charge in [-0.3, -0.25) is 24.6 Å². The molecule has 1 aromatic carbocycles. The van der Waals surface area contributed by atoms with Crippen molar-refractivity contribution in [3.8, 4) is 0 Å². The lowest BCUT2D eigenvalue weighted by Crippen LogP contribution is -2.53. The summed E-state index contributed by atoms with van der Waals surface area (Å²) in [5.41, 5.74) is 0.553. The summed E-state index contributed by atoms with van der Waals surface area (Å²) in [6, 6.07) is 5.56. The van der Waals surface area contributed by atoms with E-state index in [-0.39, 0.29) is 0 Å². The second-order valence-corrected chi connectivity index (χ2v) is 8.89. The highest BCUT2D eigenvalue weighted by molar-refractivity contribution is 7.99. The Kier molecular flexibility index (Phi) is 8.12. The van der Waals surface area contributed by atoms with Crippen LogP contribution in [0.15, 0.2) is 29.2 Å². The highest BCUT2D eigenvalue weighted by atomic mass is 32.2. The number of para-hydroxylation sites is 1. The van der Waals surface area contributed by atoms with Gasteiger partial charge in [0.2, 0.25) is 5.91 Å². The van der Waals surface area contributed by atoms with Crippen molar-refractivity contribution in [3.05, 3.63) is 24.3 Å². The Morgan fingerprint density at radius 3 is 2.67 bits per heavy atom. The number of carboxylic acids is 2. The van der Waals surface area contributed by atoms with Crippen molar-refractivity contribution in [2.45, 2.75) is 49.1 Å². The minimum absolute atomic E-state index is 0.351. The van der Waals surface area contributed by atoms with E-state index in [2.05, 4.69) is 10.6 Å². The van der Waals surface area contributed by atoms with Crippen LogP contribution in [0.1, 0.15) is 32.1 Å². The molecule has 0 saturated carbocycles. The third-order valence-corrected chi connectivity index (χ3v) is 6.84. The fraction of sp³-hybridized carbons (Fsp3) is 0.571. The van der Waals surface area contributed by atoms with E-state index >= 15 is 0 Å². The molecule has 1 aromatic rings. The zero-order valence-corrected chi connectivity index (χ0v) is 17.7. The van der Waals surface area contributed by atoms with Gasteiger partial charge in [0.15, 0.2) is 0 Å². The van der Waals surface area contributed by atoms with Gasteiger partial charge >= 0.3 is 11.9 Å². The molecule has 0 unspecified atom stereocenters. The summed E-state index contributed by atoms with van der Waals surface area (Å²) in [4.78, 5) is 38.3. The van der Waals surface area contributed by atoms with Crippen LogP contribution in [0.2, 0.25) is 0 Å². The topological polar surface area (TPSA) is 119 Å². The second-order valence-electron chi connectivity index (χ2n) is 7.83. The van der Waals surface area contributed by atoms with Crippen molar-refractivity contribution in [1.29, 1.82) is 0 Å². The summed E-state index contributed by atoms with van der Waals surface area (Å²) in [6.07, 6.45) is 4.44. The predicted molar refractivity (Wildman–Crippen MR) is 115 cm³/mol. The molecule has 0 radical (unpaired) electrons. The van der Waals surface area contributed by atoms with Crippen molar-refractivity contribution in [2.24, 2.45) is 5.92 Å². The van der Waals surface area contributed by atoms with E-state index in [1.807, 2.05) is 12.1 Å². The number of rotatable bonds is 9. The zero-order valence-electron chi connectivity index (χ0n) is 16.9. The third-order valence-electron chi connectivity index (χ3n) is 5.68. The van der Waals surface area contributed by atoms with Gasteiger partial charge in [0.05, 0.1) is 11.7 Å². The molecule has 2 aliphatic rings. The van der Waals surface area contributed by atoms with Gasteiger partial charge in [-0.1, -0.05) is 25.0 Å². The Hall–Kier alpha value is -2.10. The molecule has 164 valence electrons. The summed E-state index contributed by atoms with van der Waals surface area (Å²) >= 11 is 1.43. The van der Waals surface area contributed by atoms with Crippen LogP contribution < -0.4 is 15.5 Å². The largest absolute Gasteiger partial charge is 0.480 e. The normalized spacial score (nSPS) is 21.0. The molecule has 1 fully saturated rings. The zero-order chi connectivity index (χ0) is 21.5. The Morgan fingerprint density at radius 1 is 1.23 bits per heavy atom. The molecule has 2 aliphatic heterocycles. The van der Waals surface area contributed by atoms with Crippen molar-refractivity contribution < 1.29 is 24.6 Å². The number of carbonyl (C=O) groups is 3. The van der Waals surface area contributed by atoms with Crippen LogP contribution in [0.25, 0.3) is 0 Å². The number of aliphatic carboxylic acids is 2. The van der Waals surface area contributed by atoms with Gasteiger partial charge in [0, 0.05) is 10.6 Å². The van der Waals surface area contributed by atoms with E-state index in [1.165, 1.54) is 16.7 Å². The van der Waals surface area contributed by atoms with Crippen LogP contribution in [-0.2, 0) is 14.4 Å². The molecule has 30 heavy (non-hydrogen) atoms. The summed E-state index contributed by atoms with van der Waals surface area (Å²) in [6.45, 7) is 1.57. The summed E-state index contributed by atoms with van der Waals surface area (Å²) in [5, 5.41) is 25.3. The van der Waals surface area contributed by atoms with Crippen LogP contribution in [0, 0.1) is 5.92 Å². The number of hydrogen-bond donors (Lipinski definition) is 4. The number of fused-ring (bicyclic) bond motifs is 1. The van der Waals surface area contributed by atoms with Gasteiger partial charge in [-0.15, -0.1) is 11.8 Å². The fourth-order valence-corrected chi connectivity index (χ4v) is 5.16. The number of carboxylic acid groups (broad SMARTS) is 2. The minimum atomic E-state index is -1.11. The number of carbonyl (C=O) groups excluding carboxylic acids is 1. The quantitative estimate of drug-likeness (QED) is 0.464. The highest BCUT2D eigenvalue weighted by Crippen LogP contribution is 2.34. The Labute approximate surface area is 180 Å². The molecule has 2 atom stereocenters. The molecule has 8 nitrogen and oxygen atoms in total. The van der Waals surface area contributed by atoms with Crippen LogP contribution in [0.4, 0.5) is 5.69 Å². The van der Waals surface area contributed by atoms with Crippen LogP contribution in [0.3, 0.4) is 0 Å². The Morgan fingerprint density at radius 2 is 1.97 bits per heavy atom. The van der Waals surface area contributed by atoms with Crippen molar-refractivity contribution >= 4 is 35.3 Å². The average molecular weight is 436 g/mol. The number of anilines is 1. The molecular formula is C21H29N3O5S. The molecule has 9 heteroatoms. The van der Waals surface area contributed by atoms with Crippen LogP contribution in [-0.4, -0.2) is 65.5 Å². The van der Waals surface area contributed by atoms with E-state index in [0.29, 0.717) is 23.8 Å². The molecule has 2 heterocycles. The molecule has 1 amide bonds. The first-order valence-corrected chi connectivity index (χ1v) is 11.4. The summed E-state index contributed by atoms with van der Waals surface area (Å²) in [7, 11) is 0. The van der Waals surface area contributed by atoms with Gasteiger partial charge in [0.25, 0.3) is 0 Å². The predicted octanol–water partition coefficient (Wildman–Crippen LogP) is 1.79. The number of amides is 1. The van der Waals surface area contributed by atoms with E-state index in [9.17, 15) is 24.6 Å². The van der Waals surface area contributed by atoms with Crippen LogP contribution >= 0.6 is 11.8 Å². The van der Waals surface area contributed by atoms with Gasteiger partial charge < -0.3 is 15.5 Å². The fourth-order valence-electron chi connectivity index (χ4n) is 4.07. The lowest BCUT2D eigenvalue weighted by atomic mass is 9.91. The Bertz CT molecular complexity index is 769. The van der Waals surface area contributed by atoms with Crippen molar-refractivity contribution in [1.82, 2.24) is 10.6 Å². The molecule has 0 bridgehead atoms. The van der Waals surface area contributed by atoms with Crippen molar-refractivity contribution in [3.63, 3.8) is 0 Å². The Balaban J connectivity index is 1.66. The number of nitrogens with zero attached hydrogens (tertiary/aromatic N) is 1. The van der Waals surface area contributed by atoms with E-state index < -0.39 is 36.5 Å². The smallest absolute Gasteiger partial charge is 0.323 e. The molecular weight excluding hydrogens is 406 g/mol. The van der Waals surface area contributed by atoms with Gasteiger partial charge in [-0.2, -0.15) is 0 Å².